The summed E-state index contributed by atoms with van der Waals surface area (Å²) in [7, 11) is -1.59. The molecule has 0 radical (unpaired) electrons. The molecule has 0 unspecified atom stereocenters. The van der Waals surface area contributed by atoms with Gasteiger partial charge in [0, 0.05) is 6.42 Å². The highest BCUT2D eigenvalue weighted by atomic mass is 19.3. The molecule has 0 heterocycles. The van der Waals surface area contributed by atoms with Crippen LogP contribution in [0.15, 0.2) is 0 Å². The van der Waals surface area contributed by atoms with Crippen LogP contribution in [0, 0.1) is 0 Å². The zero-order valence-electron chi connectivity index (χ0n) is 4.22. The molecular formula is C3H7BF2O2. The summed E-state index contributed by atoms with van der Waals surface area (Å²) in [4.78, 5) is 0. The van der Waals surface area contributed by atoms with E-state index in [-0.39, 0.29) is 6.32 Å². The van der Waals surface area contributed by atoms with Crippen LogP contribution in [0.4, 0.5) is 8.78 Å². The first-order valence-electron chi connectivity index (χ1n) is 2.27. The van der Waals surface area contributed by atoms with E-state index in [4.69, 9.17) is 10.0 Å². The van der Waals surface area contributed by atoms with Crippen molar-refractivity contribution in [2.75, 3.05) is 0 Å². The van der Waals surface area contributed by atoms with Gasteiger partial charge in [-0.2, -0.15) is 0 Å². The van der Waals surface area contributed by atoms with Gasteiger partial charge in [0.2, 0.25) is 6.43 Å². The quantitative estimate of drug-likeness (QED) is 0.524. The standard InChI is InChI=1S/C3H7BF2O2/c5-3(6)1-2-4(7)8/h3,7-8H,1-2H2. The molecule has 2 N–H and O–H groups in total. The lowest BCUT2D eigenvalue weighted by molar-refractivity contribution is 0.141. The van der Waals surface area contributed by atoms with Crippen LogP contribution in [0.3, 0.4) is 0 Å². The first kappa shape index (κ1) is 7.84. The van der Waals surface area contributed by atoms with Crippen molar-refractivity contribution in [1.29, 1.82) is 0 Å². The average molecular weight is 124 g/mol. The zero-order valence-corrected chi connectivity index (χ0v) is 4.22. The molecule has 0 aromatic heterocycles. The summed E-state index contributed by atoms with van der Waals surface area (Å²) in [6, 6.07) is 0. The Bertz CT molecular complexity index is 51.2. The third-order valence-corrected chi connectivity index (χ3v) is 0.643. The van der Waals surface area contributed by atoms with Crippen LogP contribution in [0.1, 0.15) is 6.42 Å². The molecule has 0 aliphatic rings. The van der Waals surface area contributed by atoms with Crippen LogP contribution < -0.4 is 0 Å². The molecule has 8 heavy (non-hydrogen) atoms. The first-order valence-corrected chi connectivity index (χ1v) is 2.27. The van der Waals surface area contributed by atoms with Crippen LogP contribution in [0.2, 0.25) is 6.32 Å². The predicted molar refractivity (Wildman–Crippen MR) is 25.6 cm³/mol. The molecule has 48 valence electrons. The smallest absolute Gasteiger partial charge is 0.427 e. The van der Waals surface area contributed by atoms with Crippen molar-refractivity contribution in [3.05, 3.63) is 0 Å². The zero-order chi connectivity index (χ0) is 6.57. The van der Waals surface area contributed by atoms with Gasteiger partial charge in [-0.1, -0.05) is 0 Å². The highest BCUT2D eigenvalue weighted by Gasteiger charge is 2.10. The summed E-state index contributed by atoms with van der Waals surface area (Å²) in [5.74, 6) is 0. The molecule has 0 saturated heterocycles. The Balaban J connectivity index is 2.93. The fourth-order valence-electron chi connectivity index (χ4n) is 0.275. The van der Waals surface area contributed by atoms with Gasteiger partial charge in [-0.15, -0.1) is 0 Å². The first-order chi connectivity index (χ1) is 3.63. The second-order valence-electron chi connectivity index (χ2n) is 1.45. The van der Waals surface area contributed by atoms with Gasteiger partial charge < -0.3 is 10.0 Å². The molecule has 0 amide bonds. The van der Waals surface area contributed by atoms with Gasteiger partial charge in [0.15, 0.2) is 0 Å². The third-order valence-electron chi connectivity index (χ3n) is 0.643. The SMILES string of the molecule is OB(O)CCC(F)F. The minimum atomic E-state index is -2.43. The highest BCUT2D eigenvalue weighted by molar-refractivity contribution is 6.40. The lowest BCUT2D eigenvalue weighted by Crippen LogP contribution is -2.11. The average Bonchev–Trinajstić information content (AvgIpc) is 1.61. The minimum Gasteiger partial charge on any atom is -0.427 e. The van der Waals surface area contributed by atoms with E-state index in [1.165, 1.54) is 0 Å². The molecular weight excluding hydrogens is 117 g/mol. The maximum atomic E-state index is 11.2. The maximum absolute atomic E-state index is 11.2. The van der Waals surface area contributed by atoms with Crippen molar-refractivity contribution in [3.63, 3.8) is 0 Å². The van der Waals surface area contributed by atoms with E-state index >= 15 is 0 Å². The molecule has 0 bridgehead atoms. The van der Waals surface area contributed by atoms with Crippen molar-refractivity contribution >= 4 is 7.12 Å². The molecule has 0 saturated carbocycles. The van der Waals surface area contributed by atoms with E-state index < -0.39 is 20.0 Å². The summed E-state index contributed by atoms with van der Waals surface area (Å²) in [6.07, 6.45) is -3.13. The van der Waals surface area contributed by atoms with Crippen molar-refractivity contribution in [2.24, 2.45) is 0 Å². The van der Waals surface area contributed by atoms with Crippen LogP contribution in [0.5, 0.6) is 0 Å². The van der Waals surface area contributed by atoms with E-state index in [9.17, 15) is 8.78 Å². The van der Waals surface area contributed by atoms with E-state index in [1.807, 2.05) is 0 Å². The highest BCUT2D eigenvalue weighted by Crippen LogP contribution is 2.03. The van der Waals surface area contributed by atoms with Crippen LogP contribution >= 0.6 is 0 Å². The molecule has 5 heteroatoms. The second kappa shape index (κ2) is 3.80. The molecule has 0 aromatic rings. The van der Waals surface area contributed by atoms with Gasteiger partial charge >= 0.3 is 7.12 Å². The third kappa shape index (κ3) is 5.84. The largest absolute Gasteiger partial charge is 0.451 e. The summed E-state index contributed by atoms with van der Waals surface area (Å²) >= 11 is 0. The van der Waals surface area contributed by atoms with Crippen molar-refractivity contribution in [1.82, 2.24) is 0 Å². The predicted octanol–water partition coefficient (Wildman–Crippen LogP) is 0.114. The van der Waals surface area contributed by atoms with Crippen LogP contribution in [0.25, 0.3) is 0 Å². The number of hydrogen-bond acceptors (Lipinski definition) is 2. The summed E-state index contributed by atoms with van der Waals surface area (Å²) in [5.41, 5.74) is 0. The Labute approximate surface area is 46.3 Å². The molecule has 0 fully saturated rings. The number of rotatable bonds is 3. The van der Waals surface area contributed by atoms with E-state index in [2.05, 4.69) is 0 Å². The van der Waals surface area contributed by atoms with Gasteiger partial charge in [-0.3, -0.25) is 0 Å². The Morgan fingerprint density at radius 3 is 2.00 bits per heavy atom. The fraction of sp³-hybridized carbons (Fsp3) is 1.00. The van der Waals surface area contributed by atoms with Gasteiger partial charge in [0.25, 0.3) is 0 Å². The van der Waals surface area contributed by atoms with Gasteiger partial charge in [0.1, 0.15) is 0 Å². The Kier molecular flexibility index (Phi) is 3.73. The molecule has 0 aromatic carbocycles. The van der Waals surface area contributed by atoms with Crippen LogP contribution in [-0.4, -0.2) is 23.6 Å². The molecule has 0 rings (SSSR count). The molecule has 0 atom stereocenters. The summed E-state index contributed by atoms with van der Waals surface area (Å²) in [5, 5.41) is 16.0. The van der Waals surface area contributed by atoms with Gasteiger partial charge in [-0.25, -0.2) is 8.78 Å². The molecule has 0 spiro atoms. The second-order valence-corrected chi connectivity index (χ2v) is 1.45. The lowest BCUT2D eigenvalue weighted by Gasteiger charge is -1.95. The lowest BCUT2D eigenvalue weighted by atomic mass is 9.85. The topological polar surface area (TPSA) is 40.5 Å². The van der Waals surface area contributed by atoms with Crippen molar-refractivity contribution in [2.45, 2.75) is 19.2 Å². The van der Waals surface area contributed by atoms with Crippen molar-refractivity contribution < 1.29 is 18.8 Å². The fourth-order valence-corrected chi connectivity index (χ4v) is 0.275. The summed E-state index contributed by atoms with van der Waals surface area (Å²) < 4.78 is 22.3. The molecule has 0 aliphatic carbocycles. The normalized spacial score (nSPS) is 10.1. The van der Waals surface area contributed by atoms with Crippen LogP contribution in [-0.2, 0) is 0 Å². The van der Waals surface area contributed by atoms with E-state index in [1.54, 1.807) is 0 Å². The maximum Gasteiger partial charge on any atom is 0.451 e. The number of hydrogen-bond donors (Lipinski definition) is 2. The Morgan fingerprint density at radius 2 is 1.88 bits per heavy atom. The van der Waals surface area contributed by atoms with Gasteiger partial charge in [0.05, 0.1) is 0 Å². The van der Waals surface area contributed by atoms with E-state index in [0.717, 1.165) is 0 Å². The number of alkyl halides is 2. The van der Waals surface area contributed by atoms with E-state index in [0.29, 0.717) is 0 Å². The molecule has 2 nitrogen and oxygen atoms in total. The number of halogens is 2. The summed E-state index contributed by atoms with van der Waals surface area (Å²) in [6.45, 7) is 0. The Hall–Kier alpha value is -0.155. The van der Waals surface area contributed by atoms with Crippen molar-refractivity contribution in [3.8, 4) is 0 Å². The monoisotopic (exact) mass is 124 g/mol. The molecule has 0 aliphatic heterocycles. The Morgan fingerprint density at radius 1 is 1.38 bits per heavy atom. The van der Waals surface area contributed by atoms with Gasteiger partial charge in [-0.05, 0) is 6.32 Å². The minimum absolute atomic E-state index is 0.252.